The average Bonchev–Trinajstić information content (AvgIpc) is 3.52. The van der Waals surface area contributed by atoms with E-state index in [9.17, 15) is 4.79 Å². The Morgan fingerprint density at radius 1 is 1.16 bits per heavy atom. The second-order valence-electron chi connectivity index (χ2n) is 10.2. The van der Waals surface area contributed by atoms with Crippen molar-refractivity contribution in [2.24, 2.45) is 0 Å². The largest absolute Gasteiger partial charge is 0.494 e. The van der Waals surface area contributed by atoms with Crippen LogP contribution in [0.2, 0.25) is 0 Å². The van der Waals surface area contributed by atoms with Crippen molar-refractivity contribution in [3.05, 3.63) is 41.9 Å². The number of nitrogens with one attached hydrogen (secondary N) is 2. The van der Waals surface area contributed by atoms with E-state index >= 15 is 0 Å². The summed E-state index contributed by atoms with van der Waals surface area (Å²) in [5, 5.41) is 6.86. The van der Waals surface area contributed by atoms with Gasteiger partial charge in [0.15, 0.2) is 11.5 Å². The predicted molar refractivity (Wildman–Crippen MR) is 148 cm³/mol. The summed E-state index contributed by atoms with van der Waals surface area (Å²) in [6, 6.07) is 5.97. The fourth-order valence-electron chi connectivity index (χ4n) is 4.29. The molecule has 2 N–H and O–H groups in total. The van der Waals surface area contributed by atoms with Gasteiger partial charge in [0, 0.05) is 37.1 Å². The lowest BCUT2D eigenvalue weighted by Crippen LogP contribution is -2.44. The predicted octanol–water partition coefficient (Wildman–Crippen LogP) is 5.14. The third-order valence-electron chi connectivity index (χ3n) is 6.11. The van der Waals surface area contributed by atoms with Crippen molar-refractivity contribution in [3.8, 4) is 11.4 Å². The maximum absolute atomic E-state index is 12.4. The Kier molecular flexibility index (Phi) is 7.06. The first-order chi connectivity index (χ1) is 18.2. The summed E-state index contributed by atoms with van der Waals surface area (Å²) < 4.78 is 14.0. The molecule has 4 heterocycles. The topological polar surface area (TPSA) is 119 Å². The van der Waals surface area contributed by atoms with Gasteiger partial charge in [0.05, 0.1) is 30.3 Å². The molecule has 11 nitrogen and oxygen atoms in total. The zero-order valence-corrected chi connectivity index (χ0v) is 23.0. The van der Waals surface area contributed by atoms with Crippen LogP contribution in [0.25, 0.3) is 16.0 Å². The first-order valence-electron chi connectivity index (χ1n) is 12.5. The maximum atomic E-state index is 12.4. The van der Waals surface area contributed by atoms with Gasteiger partial charge >= 0.3 is 6.09 Å². The number of likely N-dealkylation sites (tertiary alicyclic amines) is 1. The van der Waals surface area contributed by atoms with Crippen LogP contribution in [0, 0.1) is 6.92 Å². The van der Waals surface area contributed by atoms with Crippen LogP contribution in [-0.4, -0.2) is 67.3 Å². The number of hydrogen-bond donors (Lipinski definition) is 2. The average molecular weight is 537 g/mol. The van der Waals surface area contributed by atoms with Gasteiger partial charge < -0.3 is 29.6 Å². The van der Waals surface area contributed by atoms with E-state index in [2.05, 4.69) is 25.6 Å². The van der Waals surface area contributed by atoms with Gasteiger partial charge in [0.2, 0.25) is 5.95 Å². The Balaban J connectivity index is 1.31. The molecule has 12 heteroatoms. The molecule has 3 aromatic heterocycles. The third kappa shape index (κ3) is 5.80. The zero-order chi connectivity index (χ0) is 26.9. The number of hydrogen-bond acceptors (Lipinski definition) is 10. The van der Waals surface area contributed by atoms with Crippen molar-refractivity contribution in [1.29, 1.82) is 0 Å². The van der Waals surface area contributed by atoms with E-state index in [0.29, 0.717) is 30.4 Å². The summed E-state index contributed by atoms with van der Waals surface area (Å²) in [5.74, 6) is 1.86. The van der Waals surface area contributed by atoms with E-state index in [0.717, 1.165) is 40.4 Å². The standard InChI is InChI=1S/C26H32N8O3S/c1-16-13-34(14-27-16)19-7-6-18(12-20(19)36-5)30-24-31-22-21(38-15-28-22)23(32-24)29-17-8-10-33(11-9-17)25(35)37-26(2,3)4/h6-7,12-15,17H,8-11H2,1-5H3,(H2,29,30,31,32). The van der Waals surface area contributed by atoms with Crippen LogP contribution < -0.4 is 15.4 Å². The number of ether oxygens (including phenoxy) is 2. The minimum Gasteiger partial charge on any atom is -0.494 e. The fraction of sp³-hybridized carbons (Fsp3) is 0.423. The number of benzene rings is 1. The highest BCUT2D eigenvalue weighted by Gasteiger charge is 2.27. The van der Waals surface area contributed by atoms with Gasteiger partial charge in [-0.3, -0.25) is 0 Å². The van der Waals surface area contributed by atoms with Gasteiger partial charge in [-0.25, -0.2) is 14.8 Å². The molecule has 1 saturated heterocycles. The van der Waals surface area contributed by atoms with Crippen molar-refractivity contribution in [2.45, 2.75) is 52.2 Å². The molecule has 0 radical (unpaired) electrons. The number of carbonyl (C=O) groups is 1. The summed E-state index contributed by atoms with van der Waals surface area (Å²) in [7, 11) is 1.64. The number of thiazole rings is 1. The zero-order valence-electron chi connectivity index (χ0n) is 22.2. The van der Waals surface area contributed by atoms with Crippen molar-refractivity contribution >= 4 is 45.2 Å². The molecule has 1 aliphatic rings. The molecule has 5 rings (SSSR count). The first kappa shape index (κ1) is 25.7. The number of aromatic nitrogens is 5. The van der Waals surface area contributed by atoms with E-state index in [1.165, 1.54) is 11.3 Å². The molecule has 0 bridgehead atoms. The summed E-state index contributed by atoms with van der Waals surface area (Å²) in [5.41, 5.74) is 4.48. The number of piperidine rings is 1. The number of methoxy groups -OCH3 is 1. The molecule has 4 aromatic rings. The fourth-order valence-corrected chi connectivity index (χ4v) is 4.97. The highest BCUT2D eigenvalue weighted by Crippen LogP contribution is 2.31. The van der Waals surface area contributed by atoms with Gasteiger partial charge in [0.25, 0.3) is 0 Å². The van der Waals surface area contributed by atoms with Crippen molar-refractivity contribution in [1.82, 2.24) is 29.4 Å². The molecule has 38 heavy (non-hydrogen) atoms. The van der Waals surface area contributed by atoms with Crippen LogP contribution in [0.4, 0.5) is 22.2 Å². The Labute approximate surface area is 225 Å². The van der Waals surface area contributed by atoms with Gasteiger partial charge in [-0.1, -0.05) is 0 Å². The highest BCUT2D eigenvalue weighted by molar-refractivity contribution is 7.17. The smallest absolute Gasteiger partial charge is 0.410 e. The monoisotopic (exact) mass is 536 g/mol. The first-order valence-corrected chi connectivity index (χ1v) is 13.4. The third-order valence-corrected chi connectivity index (χ3v) is 6.93. The lowest BCUT2D eigenvalue weighted by molar-refractivity contribution is 0.0210. The van der Waals surface area contributed by atoms with Crippen LogP contribution in [0.1, 0.15) is 39.3 Å². The van der Waals surface area contributed by atoms with Crippen LogP contribution in [0.3, 0.4) is 0 Å². The molecule has 0 spiro atoms. The number of nitrogens with zero attached hydrogens (tertiary/aromatic N) is 6. The van der Waals surface area contributed by atoms with E-state index in [1.807, 2.05) is 56.7 Å². The molecule has 0 aliphatic carbocycles. The summed E-state index contributed by atoms with van der Waals surface area (Å²) >= 11 is 1.50. The summed E-state index contributed by atoms with van der Waals surface area (Å²) in [6.45, 7) is 8.83. The Hall–Kier alpha value is -3.93. The molecule has 1 aromatic carbocycles. The minimum atomic E-state index is -0.503. The minimum absolute atomic E-state index is 0.166. The molecule has 0 unspecified atom stereocenters. The van der Waals surface area contributed by atoms with Gasteiger partial charge in [-0.15, -0.1) is 11.3 Å². The van der Waals surface area contributed by atoms with Crippen LogP contribution >= 0.6 is 11.3 Å². The normalized spacial score (nSPS) is 14.5. The molecular formula is C26H32N8O3S. The van der Waals surface area contributed by atoms with Gasteiger partial charge in [-0.2, -0.15) is 9.97 Å². The molecular weight excluding hydrogens is 504 g/mol. The SMILES string of the molecule is COc1cc(Nc2nc(NC3CCN(C(=O)OC(C)(C)C)CC3)c3scnc3n2)ccc1-n1cnc(C)c1. The lowest BCUT2D eigenvalue weighted by Gasteiger charge is -2.33. The molecule has 1 amide bonds. The second-order valence-corrected chi connectivity index (χ2v) is 11.1. The highest BCUT2D eigenvalue weighted by atomic mass is 32.1. The molecule has 200 valence electrons. The van der Waals surface area contributed by atoms with E-state index in [4.69, 9.17) is 14.5 Å². The molecule has 0 saturated carbocycles. The number of carbonyl (C=O) groups excluding carboxylic acids is 1. The van der Waals surface area contributed by atoms with Crippen LogP contribution in [0.15, 0.2) is 36.2 Å². The second kappa shape index (κ2) is 10.4. The maximum Gasteiger partial charge on any atom is 0.410 e. The van der Waals surface area contributed by atoms with Crippen LogP contribution in [-0.2, 0) is 4.74 Å². The number of amides is 1. The van der Waals surface area contributed by atoms with E-state index in [1.54, 1.807) is 23.8 Å². The number of fused-ring (bicyclic) bond motifs is 1. The van der Waals surface area contributed by atoms with Crippen molar-refractivity contribution in [3.63, 3.8) is 0 Å². The van der Waals surface area contributed by atoms with Gasteiger partial charge in [-0.05, 0) is 52.7 Å². The quantitative estimate of drug-likeness (QED) is 0.345. The number of anilines is 3. The Morgan fingerprint density at radius 3 is 2.63 bits per heavy atom. The van der Waals surface area contributed by atoms with Crippen molar-refractivity contribution < 1.29 is 14.3 Å². The number of rotatable bonds is 6. The van der Waals surface area contributed by atoms with Crippen LogP contribution in [0.5, 0.6) is 5.75 Å². The molecule has 1 aliphatic heterocycles. The van der Waals surface area contributed by atoms with E-state index in [-0.39, 0.29) is 12.1 Å². The Morgan fingerprint density at radius 2 is 1.95 bits per heavy atom. The van der Waals surface area contributed by atoms with E-state index < -0.39 is 5.60 Å². The summed E-state index contributed by atoms with van der Waals surface area (Å²) in [6.07, 6.45) is 5.02. The number of aryl methyl sites for hydroxylation is 1. The Bertz CT molecular complexity index is 1440. The summed E-state index contributed by atoms with van der Waals surface area (Å²) in [4.78, 5) is 32.3. The van der Waals surface area contributed by atoms with Gasteiger partial charge in [0.1, 0.15) is 16.1 Å². The van der Waals surface area contributed by atoms with Crippen molar-refractivity contribution in [2.75, 3.05) is 30.8 Å². The molecule has 0 atom stereocenters. The molecule has 1 fully saturated rings. The number of imidazole rings is 1. The lowest BCUT2D eigenvalue weighted by atomic mass is 10.1.